The molecule has 3 rings (SSSR count). The lowest BCUT2D eigenvalue weighted by Gasteiger charge is -2.41. The van der Waals surface area contributed by atoms with Crippen LogP contribution in [0.1, 0.15) is 56.2 Å². The van der Waals surface area contributed by atoms with Gasteiger partial charge in [0.15, 0.2) is 0 Å². The smallest absolute Gasteiger partial charge is 0.275 e. The van der Waals surface area contributed by atoms with Crippen molar-refractivity contribution >= 4 is 17.6 Å². The number of piperazine rings is 1. The molecular weight excluding hydrogens is 368 g/mol. The van der Waals surface area contributed by atoms with Crippen LogP contribution in [0.3, 0.4) is 0 Å². The molecule has 1 aromatic rings. The number of halogens is 2. The van der Waals surface area contributed by atoms with Crippen molar-refractivity contribution < 1.29 is 18.4 Å². The average molecular weight is 395 g/mol. The van der Waals surface area contributed by atoms with E-state index in [1.807, 2.05) is 11.8 Å². The number of carbonyl (C=O) groups is 2. The normalized spacial score (nSPS) is 21.4. The van der Waals surface area contributed by atoms with Crippen LogP contribution in [-0.4, -0.2) is 64.3 Å². The lowest BCUT2D eigenvalue weighted by Crippen LogP contribution is -2.63. The van der Waals surface area contributed by atoms with Gasteiger partial charge in [-0.1, -0.05) is 13.3 Å². The first-order valence-electron chi connectivity index (χ1n) is 9.74. The standard InChI is InChI=1S/C19H27F2N5O2/c1-4-5-13-15(25-9-6-19(20,21)7-10-25)23-12-14(24-13)16(27)26-11-8-22-17(28)18(26,2)3/h12H,4-11H2,1-3H3,(H,22,28). The molecule has 0 spiro atoms. The van der Waals surface area contributed by atoms with Gasteiger partial charge in [-0.05, 0) is 20.3 Å². The first-order valence-corrected chi connectivity index (χ1v) is 9.74. The monoisotopic (exact) mass is 395 g/mol. The number of nitrogens with zero attached hydrogens (tertiary/aromatic N) is 4. The van der Waals surface area contributed by atoms with Crippen molar-refractivity contribution in [2.24, 2.45) is 0 Å². The number of alkyl halides is 2. The molecule has 0 aliphatic carbocycles. The van der Waals surface area contributed by atoms with Gasteiger partial charge in [0.2, 0.25) is 5.91 Å². The fourth-order valence-electron chi connectivity index (χ4n) is 3.63. The fraction of sp³-hybridized carbons (Fsp3) is 0.684. The molecule has 9 heteroatoms. The second kappa shape index (κ2) is 7.60. The molecule has 154 valence electrons. The van der Waals surface area contributed by atoms with Crippen LogP contribution < -0.4 is 10.2 Å². The summed E-state index contributed by atoms with van der Waals surface area (Å²) in [6.07, 6.45) is 2.36. The van der Waals surface area contributed by atoms with Crippen molar-refractivity contribution in [1.29, 1.82) is 0 Å². The Morgan fingerprint density at radius 3 is 2.57 bits per heavy atom. The topological polar surface area (TPSA) is 78.4 Å². The zero-order valence-electron chi connectivity index (χ0n) is 16.6. The third-order valence-electron chi connectivity index (χ3n) is 5.42. The largest absolute Gasteiger partial charge is 0.355 e. The van der Waals surface area contributed by atoms with Crippen LogP contribution >= 0.6 is 0 Å². The minimum atomic E-state index is -2.63. The maximum absolute atomic E-state index is 13.5. The second-order valence-corrected chi connectivity index (χ2v) is 7.89. The Labute approximate surface area is 163 Å². The number of anilines is 1. The number of hydrogen-bond acceptors (Lipinski definition) is 5. The van der Waals surface area contributed by atoms with E-state index in [0.29, 0.717) is 31.0 Å². The summed E-state index contributed by atoms with van der Waals surface area (Å²) in [5, 5.41) is 2.76. The van der Waals surface area contributed by atoms with Gasteiger partial charge in [-0.25, -0.2) is 18.7 Å². The second-order valence-electron chi connectivity index (χ2n) is 7.89. The van der Waals surface area contributed by atoms with Gasteiger partial charge in [-0.2, -0.15) is 0 Å². The highest BCUT2D eigenvalue weighted by atomic mass is 19.3. The molecule has 28 heavy (non-hydrogen) atoms. The van der Waals surface area contributed by atoms with Gasteiger partial charge in [0.25, 0.3) is 11.8 Å². The fourth-order valence-corrected chi connectivity index (χ4v) is 3.63. The number of aryl methyl sites for hydroxylation is 1. The minimum absolute atomic E-state index is 0.178. The summed E-state index contributed by atoms with van der Waals surface area (Å²) in [7, 11) is 0. The summed E-state index contributed by atoms with van der Waals surface area (Å²) in [5.41, 5.74) is -0.158. The summed E-state index contributed by atoms with van der Waals surface area (Å²) in [4.78, 5) is 37.4. The Kier molecular flexibility index (Phi) is 5.54. The zero-order valence-corrected chi connectivity index (χ0v) is 16.6. The van der Waals surface area contributed by atoms with Gasteiger partial charge in [-0.15, -0.1) is 0 Å². The molecule has 0 unspecified atom stereocenters. The number of rotatable bonds is 4. The predicted molar refractivity (Wildman–Crippen MR) is 101 cm³/mol. The number of piperidine rings is 1. The molecule has 2 fully saturated rings. The van der Waals surface area contributed by atoms with Gasteiger partial charge in [0, 0.05) is 39.0 Å². The highest BCUT2D eigenvalue weighted by Crippen LogP contribution is 2.31. The average Bonchev–Trinajstić information content (AvgIpc) is 2.64. The molecule has 0 saturated carbocycles. The molecule has 2 aliphatic heterocycles. The Morgan fingerprint density at radius 1 is 1.25 bits per heavy atom. The molecule has 0 radical (unpaired) electrons. The lowest BCUT2D eigenvalue weighted by molar-refractivity contribution is -0.133. The number of hydrogen-bond donors (Lipinski definition) is 1. The Balaban J connectivity index is 1.86. The Bertz CT molecular complexity index is 759. The van der Waals surface area contributed by atoms with E-state index < -0.39 is 11.5 Å². The third kappa shape index (κ3) is 3.93. The van der Waals surface area contributed by atoms with Gasteiger partial charge < -0.3 is 15.1 Å². The van der Waals surface area contributed by atoms with Crippen LogP contribution in [0, 0.1) is 0 Å². The molecule has 2 saturated heterocycles. The molecular formula is C19H27F2N5O2. The van der Waals surface area contributed by atoms with Crippen molar-refractivity contribution in [2.75, 3.05) is 31.1 Å². The maximum atomic E-state index is 13.5. The quantitative estimate of drug-likeness (QED) is 0.844. The van der Waals surface area contributed by atoms with Crippen LogP contribution in [0.25, 0.3) is 0 Å². The Morgan fingerprint density at radius 2 is 1.93 bits per heavy atom. The molecule has 7 nitrogen and oxygen atoms in total. The lowest BCUT2D eigenvalue weighted by atomic mass is 9.98. The summed E-state index contributed by atoms with van der Waals surface area (Å²) >= 11 is 0. The highest BCUT2D eigenvalue weighted by Gasteiger charge is 2.41. The zero-order chi connectivity index (χ0) is 20.5. The van der Waals surface area contributed by atoms with E-state index in [2.05, 4.69) is 15.3 Å². The molecule has 1 N–H and O–H groups in total. The molecule has 1 aromatic heterocycles. The van der Waals surface area contributed by atoms with E-state index >= 15 is 0 Å². The number of amides is 2. The van der Waals surface area contributed by atoms with Crippen LogP contribution in [-0.2, 0) is 11.2 Å². The van der Waals surface area contributed by atoms with Crippen molar-refractivity contribution in [1.82, 2.24) is 20.2 Å². The first-order chi connectivity index (χ1) is 13.2. The molecule has 2 aliphatic rings. The van der Waals surface area contributed by atoms with Crippen molar-refractivity contribution in [3.8, 4) is 0 Å². The Hall–Kier alpha value is -2.32. The van der Waals surface area contributed by atoms with Gasteiger partial charge in [-0.3, -0.25) is 9.59 Å². The maximum Gasteiger partial charge on any atom is 0.275 e. The van der Waals surface area contributed by atoms with E-state index in [1.165, 1.54) is 11.1 Å². The van der Waals surface area contributed by atoms with Gasteiger partial charge in [0.05, 0.1) is 11.9 Å². The van der Waals surface area contributed by atoms with E-state index in [4.69, 9.17) is 0 Å². The molecule has 0 aromatic carbocycles. The number of nitrogens with one attached hydrogen (secondary N) is 1. The number of carbonyl (C=O) groups excluding carboxylic acids is 2. The third-order valence-corrected chi connectivity index (χ3v) is 5.42. The van der Waals surface area contributed by atoms with Gasteiger partial charge in [0.1, 0.15) is 17.1 Å². The molecule has 0 bridgehead atoms. The first kappa shape index (κ1) is 20.4. The highest BCUT2D eigenvalue weighted by molar-refractivity contribution is 5.98. The van der Waals surface area contributed by atoms with E-state index in [9.17, 15) is 18.4 Å². The van der Waals surface area contributed by atoms with Crippen LogP contribution in [0.2, 0.25) is 0 Å². The summed E-state index contributed by atoms with van der Waals surface area (Å²) in [5.74, 6) is -2.61. The molecule has 2 amide bonds. The van der Waals surface area contributed by atoms with Crippen LogP contribution in [0.15, 0.2) is 6.20 Å². The van der Waals surface area contributed by atoms with Crippen LogP contribution in [0.5, 0.6) is 0 Å². The number of aromatic nitrogens is 2. The summed E-state index contributed by atoms with van der Waals surface area (Å²) in [6, 6.07) is 0. The van der Waals surface area contributed by atoms with E-state index in [0.717, 1.165) is 6.42 Å². The molecule has 3 heterocycles. The summed E-state index contributed by atoms with van der Waals surface area (Å²) < 4.78 is 27.0. The minimum Gasteiger partial charge on any atom is -0.355 e. The summed E-state index contributed by atoms with van der Waals surface area (Å²) in [6.45, 7) is 6.59. The van der Waals surface area contributed by atoms with Gasteiger partial charge >= 0.3 is 0 Å². The van der Waals surface area contributed by atoms with E-state index in [-0.39, 0.29) is 43.4 Å². The predicted octanol–water partition coefficient (Wildman–Crippen LogP) is 2.02. The molecule has 0 atom stereocenters. The van der Waals surface area contributed by atoms with Crippen molar-refractivity contribution in [2.45, 2.75) is 57.9 Å². The van der Waals surface area contributed by atoms with E-state index in [1.54, 1.807) is 13.8 Å². The van der Waals surface area contributed by atoms with Crippen LogP contribution in [0.4, 0.5) is 14.6 Å². The SMILES string of the molecule is CCCc1nc(C(=O)N2CCNC(=O)C2(C)C)cnc1N1CCC(F)(F)CC1. The van der Waals surface area contributed by atoms with Crippen molar-refractivity contribution in [3.63, 3.8) is 0 Å². The van der Waals surface area contributed by atoms with Crippen molar-refractivity contribution in [3.05, 3.63) is 17.6 Å².